The van der Waals surface area contributed by atoms with E-state index in [1.807, 2.05) is 0 Å². The van der Waals surface area contributed by atoms with E-state index in [2.05, 4.69) is 20.6 Å². The fourth-order valence-electron chi connectivity index (χ4n) is 2.46. The smallest absolute Gasteiger partial charge is 0.240 e. The van der Waals surface area contributed by atoms with Crippen molar-refractivity contribution in [2.24, 2.45) is 5.41 Å². The van der Waals surface area contributed by atoms with Crippen LogP contribution < -0.4 is 10.6 Å². The van der Waals surface area contributed by atoms with Gasteiger partial charge in [0.05, 0.1) is 23.8 Å². The molecular formula is C16H16N4O2. The minimum absolute atomic E-state index is 0.284. The van der Waals surface area contributed by atoms with E-state index < -0.39 is 5.41 Å². The molecule has 0 aromatic carbocycles. The van der Waals surface area contributed by atoms with Gasteiger partial charge in [-0.1, -0.05) is 6.42 Å². The normalized spacial score (nSPS) is 15.5. The summed E-state index contributed by atoms with van der Waals surface area (Å²) in [6, 6.07) is 6.96. The highest BCUT2D eigenvalue weighted by Crippen LogP contribution is 2.42. The molecule has 2 amide bonds. The number of hydrogen-bond donors (Lipinski definition) is 2. The van der Waals surface area contributed by atoms with Gasteiger partial charge in [-0.2, -0.15) is 0 Å². The summed E-state index contributed by atoms with van der Waals surface area (Å²) < 4.78 is 0. The van der Waals surface area contributed by atoms with E-state index in [-0.39, 0.29) is 11.8 Å². The van der Waals surface area contributed by atoms with Crippen LogP contribution in [-0.4, -0.2) is 21.8 Å². The maximum Gasteiger partial charge on any atom is 0.240 e. The lowest BCUT2D eigenvalue weighted by molar-refractivity contribution is -0.142. The van der Waals surface area contributed by atoms with E-state index in [0.29, 0.717) is 24.2 Å². The lowest BCUT2D eigenvalue weighted by Gasteiger charge is -2.38. The largest absolute Gasteiger partial charge is 0.324 e. The maximum atomic E-state index is 12.5. The Morgan fingerprint density at radius 3 is 1.73 bits per heavy atom. The molecule has 2 heterocycles. The number of pyridine rings is 2. The lowest BCUT2D eigenvalue weighted by Crippen LogP contribution is -2.50. The molecule has 1 aliphatic rings. The minimum Gasteiger partial charge on any atom is -0.324 e. The van der Waals surface area contributed by atoms with Crippen LogP contribution in [0.15, 0.2) is 49.1 Å². The quantitative estimate of drug-likeness (QED) is 0.847. The summed E-state index contributed by atoms with van der Waals surface area (Å²) in [4.78, 5) is 33.0. The number of hydrogen-bond acceptors (Lipinski definition) is 4. The van der Waals surface area contributed by atoms with Crippen LogP contribution >= 0.6 is 0 Å². The second-order valence-electron chi connectivity index (χ2n) is 5.33. The van der Waals surface area contributed by atoms with Gasteiger partial charge in [0.2, 0.25) is 11.8 Å². The van der Waals surface area contributed by atoms with Crippen molar-refractivity contribution in [1.29, 1.82) is 0 Å². The van der Waals surface area contributed by atoms with Gasteiger partial charge >= 0.3 is 0 Å². The van der Waals surface area contributed by atoms with E-state index in [4.69, 9.17) is 0 Å². The molecule has 2 N–H and O–H groups in total. The predicted molar refractivity (Wildman–Crippen MR) is 82.0 cm³/mol. The zero-order valence-electron chi connectivity index (χ0n) is 12.0. The monoisotopic (exact) mass is 296 g/mol. The highest BCUT2D eigenvalue weighted by Gasteiger charge is 2.50. The average molecular weight is 296 g/mol. The van der Waals surface area contributed by atoms with Crippen molar-refractivity contribution in [1.82, 2.24) is 9.97 Å². The molecule has 0 atom stereocenters. The fraction of sp³-hybridized carbons (Fsp3) is 0.250. The molecule has 3 rings (SSSR count). The highest BCUT2D eigenvalue weighted by molar-refractivity contribution is 6.15. The van der Waals surface area contributed by atoms with E-state index in [9.17, 15) is 9.59 Å². The number of amides is 2. The van der Waals surface area contributed by atoms with E-state index in [0.717, 1.165) is 6.42 Å². The van der Waals surface area contributed by atoms with Crippen LogP contribution in [0.5, 0.6) is 0 Å². The third-order valence-electron chi connectivity index (χ3n) is 3.92. The zero-order chi connectivity index (χ0) is 15.4. The first-order valence-electron chi connectivity index (χ1n) is 7.14. The predicted octanol–water partition coefficient (Wildman–Crippen LogP) is 2.22. The van der Waals surface area contributed by atoms with Gasteiger partial charge in [0.15, 0.2) is 0 Å². The van der Waals surface area contributed by atoms with Crippen molar-refractivity contribution in [3.05, 3.63) is 49.1 Å². The summed E-state index contributed by atoms with van der Waals surface area (Å²) >= 11 is 0. The van der Waals surface area contributed by atoms with Crippen LogP contribution in [0.2, 0.25) is 0 Å². The molecule has 1 aliphatic carbocycles. The number of anilines is 2. The van der Waals surface area contributed by atoms with E-state index in [1.165, 1.54) is 0 Å². The van der Waals surface area contributed by atoms with E-state index >= 15 is 0 Å². The van der Waals surface area contributed by atoms with Crippen molar-refractivity contribution in [3.8, 4) is 0 Å². The maximum absolute atomic E-state index is 12.5. The molecule has 2 aromatic rings. The Kier molecular flexibility index (Phi) is 3.82. The molecule has 22 heavy (non-hydrogen) atoms. The lowest BCUT2D eigenvalue weighted by atomic mass is 9.67. The second kappa shape index (κ2) is 5.93. The molecule has 0 spiro atoms. The highest BCUT2D eigenvalue weighted by atomic mass is 16.2. The van der Waals surface area contributed by atoms with Crippen molar-refractivity contribution in [2.45, 2.75) is 19.3 Å². The molecule has 0 radical (unpaired) electrons. The number of carbonyl (C=O) groups is 2. The van der Waals surface area contributed by atoms with Crippen molar-refractivity contribution < 1.29 is 9.59 Å². The first-order valence-corrected chi connectivity index (χ1v) is 7.14. The molecule has 6 nitrogen and oxygen atoms in total. The third kappa shape index (κ3) is 2.67. The first-order chi connectivity index (χ1) is 10.7. The van der Waals surface area contributed by atoms with Gasteiger partial charge in [0.25, 0.3) is 0 Å². The number of rotatable bonds is 4. The van der Waals surface area contributed by atoms with Crippen LogP contribution in [0.1, 0.15) is 19.3 Å². The van der Waals surface area contributed by atoms with Crippen LogP contribution in [-0.2, 0) is 9.59 Å². The number of nitrogens with zero attached hydrogens (tertiary/aromatic N) is 2. The molecule has 0 bridgehead atoms. The summed E-state index contributed by atoms with van der Waals surface area (Å²) in [5.74, 6) is -0.568. The summed E-state index contributed by atoms with van der Waals surface area (Å²) in [7, 11) is 0. The van der Waals surface area contributed by atoms with Crippen LogP contribution in [0.3, 0.4) is 0 Å². The average Bonchev–Trinajstić information content (AvgIpc) is 2.48. The van der Waals surface area contributed by atoms with Crippen molar-refractivity contribution >= 4 is 23.2 Å². The van der Waals surface area contributed by atoms with E-state index in [1.54, 1.807) is 49.1 Å². The van der Waals surface area contributed by atoms with Crippen molar-refractivity contribution in [3.63, 3.8) is 0 Å². The molecule has 2 aromatic heterocycles. The van der Waals surface area contributed by atoms with Crippen LogP contribution in [0, 0.1) is 5.41 Å². The zero-order valence-corrected chi connectivity index (χ0v) is 12.0. The Hall–Kier alpha value is -2.76. The number of nitrogens with one attached hydrogen (secondary N) is 2. The Labute approximate surface area is 128 Å². The summed E-state index contributed by atoms with van der Waals surface area (Å²) in [6.07, 6.45) is 8.33. The van der Waals surface area contributed by atoms with Gasteiger partial charge < -0.3 is 10.6 Å². The SMILES string of the molecule is O=C(Nc1cccnc1)C1(C(=O)Nc2cccnc2)CCC1. The fourth-order valence-corrected chi connectivity index (χ4v) is 2.46. The van der Waals surface area contributed by atoms with Gasteiger partial charge in [-0.15, -0.1) is 0 Å². The molecule has 0 unspecified atom stereocenters. The van der Waals surface area contributed by atoms with Crippen LogP contribution in [0.25, 0.3) is 0 Å². The van der Waals surface area contributed by atoms with Gasteiger partial charge in [-0.25, -0.2) is 0 Å². The molecule has 0 saturated heterocycles. The standard InChI is InChI=1S/C16H16N4O2/c21-14(19-12-4-1-8-17-10-12)16(6-3-7-16)15(22)20-13-5-2-9-18-11-13/h1-2,4-5,8-11H,3,6-7H2,(H,19,21)(H,20,22). The second-order valence-corrected chi connectivity index (χ2v) is 5.33. The topological polar surface area (TPSA) is 84.0 Å². The molecule has 6 heteroatoms. The minimum atomic E-state index is -1.01. The molecule has 1 saturated carbocycles. The molecule has 112 valence electrons. The number of aromatic nitrogens is 2. The van der Waals surface area contributed by atoms with Gasteiger partial charge in [0.1, 0.15) is 5.41 Å². The Balaban J connectivity index is 1.73. The Morgan fingerprint density at radius 2 is 1.41 bits per heavy atom. The van der Waals surface area contributed by atoms with Crippen LogP contribution in [0.4, 0.5) is 11.4 Å². The van der Waals surface area contributed by atoms with Gasteiger partial charge in [-0.05, 0) is 37.1 Å². The molecule has 1 fully saturated rings. The Bertz CT molecular complexity index is 614. The summed E-state index contributed by atoms with van der Waals surface area (Å²) in [5.41, 5.74) is 0.173. The molecule has 0 aliphatic heterocycles. The summed E-state index contributed by atoms with van der Waals surface area (Å²) in [6.45, 7) is 0. The van der Waals surface area contributed by atoms with Gasteiger partial charge in [-0.3, -0.25) is 19.6 Å². The third-order valence-corrected chi connectivity index (χ3v) is 3.92. The Morgan fingerprint density at radius 1 is 0.909 bits per heavy atom. The van der Waals surface area contributed by atoms with Gasteiger partial charge in [0, 0.05) is 12.4 Å². The molecular weight excluding hydrogens is 280 g/mol. The first kappa shape index (κ1) is 14.2. The van der Waals surface area contributed by atoms with Crippen molar-refractivity contribution in [2.75, 3.05) is 10.6 Å². The summed E-state index contributed by atoms with van der Waals surface area (Å²) in [5, 5.41) is 5.55. The number of carbonyl (C=O) groups excluding carboxylic acids is 2.